The highest BCUT2D eigenvalue weighted by molar-refractivity contribution is 5.85. The Kier molecular flexibility index (Phi) is 7.23. The third-order valence-corrected chi connectivity index (χ3v) is 12.7. The van der Waals surface area contributed by atoms with Gasteiger partial charge in [-0.3, -0.25) is 4.84 Å². The number of esters is 1. The number of rotatable bonds is 4. The molecule has 10 heteroatoms. The Morgan fingerprint density at radius 3 is 2.40 bits per heavy atom. The molecule has 6 aliphatic rings. The highest BCUT2D eigenvalue weighted by atomic mass is 16.7. The van der Waals surface area contributed by atoms with Crippen LogP contribution < -0.4 is 0 Å². The number of hydrogen-bond acceptors (Lipinski definition) is 10. The molecule has 0 spiro atoms. The minimum absolute atomic E-state index is 0.0431. The number of carbonyl (C=O) groups is 1. The summed E-state index contributed by atoms with van der Waals surface area (Å²) in [6.45, 7) is 6.28. The molecule has 14 atom stereocenters. The molecule has 0 aromatic carbocycles. The molecule has 0 aromatic rings. The highest BCUT2D eigenvalue weighted by Crippen LogP contribution is 2.70. The van der Waals surface area contributed by atoms with E-state index in [1.807, 2.05) is 6.92 Å². The first kappa shape index (κ1) is 29.0. The SMILES string of the molecule is CON([C@H]1CC[C@@]2(C)[C@H](CC[C@@H]3[C@@H]2C[C@@H](O)[C@]2(C)[C@@H](C4=CC(=O)OC4)CC[C@]32O)C1)[C@@H]1O[C@H](C)[C@@H](O)[C@H](O)[C@H]1O. The molecular formula is C30H47NO9. The number of cyclic esters (lactones) is 1. The van der Waals surface area contributed by atoms with Crippen LogP contribution in [0.2, 0.25) is 0 Å². The van der Waals surface area contributed by atoms with Crippen molar-refractivity contribution in [2.75, 3.05) is 13.7 Å². The smallest absolute Gasteiger partial charge is 0.331 e. The second-order valence-corrected chi connectivity index (χ2v) is 14.0. The highest BCUT2D eigenvalue weighted by Gasteiger charge is 2.71. The van der Waals surface area contributed by atoms with Crippen molar-refractivity contribution in [2.45, 2.75) is 121 Å². The normalized spacial score (nSPS) is 54.4. The molecule has 40 heavy (non-hydrogen) atoms. The van der Waals surface area contributed by atoms with Crippen LogP contribution in [0.4, 0.5) is 0 Å². The predicted octanol–water partition coefficient (Wildman–Crippen LogP) is 1.27. The molecule has 0 radical (unpaired) electrons. The summed E-state index contributed by atoms with van der Waals surface area (Å²) < 4.78 is 11.1. The molecule has 6 rings (SSSR count). The van der Waals surface area contributed by atoms with E-state index >= 15 is 0 Å². The molecule has 2 heterocycles. The van der Waals surface area contributed by atoms with E-state index in [0.29, 0.717) is 18.8 Å². The van der Waals surface area contributed by atoms with Crippen LogP contribution in [-0.2, 0) is 19.1 Å². The van der Waals surface area contributed by atoms with Gasteiger partial charge in [0, 0.05) is 17.5 Å². The number of hydroxylamine groups is 2. The summed E-state index contributed by atoms with van der Waals surface area (Å²) in [5.41, 5.74) is -0.906. The van der Waals surface area contributed by atoms with Crippen LogP contribution in [0.25, 0.3) is 0 Å². The van der Waals surface area contributed by atoms with Gasteiger partial charge in [-0.15, -0.1) is 0 Å². The summed E-state index contributed by atoms with van der Waals surface area (Å²) in [7, 11) is 1.55. The fourth-order valence-corrected chi connectivity index (χ4v) is 10.3. The molecule has 4 saturated carbocycles. The van der Waals surface area contributed by atoms with Gasteiger partial charge in [0.05, 0.1) is 24.9 Å². The Morgan fingerprint density at radius 1 is 0.975 bits per heavy atom. The van der Waals surface area contributed by atoms with Crippen LogP contribution >= 0.6 is 0 Å². The van der Waals surface area contributed by atoms with Crippen molar-refractivity contribution in [2.24, 2.45) is 34.5 Å². The van der Waals surface area contributed by atoms with Crippen molar-refractivity contribution in [1.82, 2.24) is 5.06 Å². The third kappa shape index (κ3) is 3.93. The minimum Gasteiger partial charge on any atom is -0.458 e. The largest absolute Gasteiger partial charge is 0.458 e. The fourth-order valence-electron chi connectivity index (χ4n) is 10.3. The van der Waals surface area contributed by atoms with Crippen molar-refractivity contribution >= 4 is 5.97 Å². The first-order valence-electron chi connectivity index (χ1n) is 15.2. The van der Waals surface area contributed by atoms with Crippen LogP contribution in [-0.4, -0.2) is 98.7 Å². The number of aliphatic hydroxyl groups excluding tert-OH is 4. The molecule has 0 aromatic heterocycles. The number of aliphatic hydroxyl groups is 5. The molecule has 1 saturated heterocycles. The summed E-state index contributed by atoms with van der Waals surface area (Å²) in [4.78, 5) is 17.6. The average Bonchev–Trinajstić information content (AvgIpc) is 3.47. The van der Waals surface area contributed by atoms with E-state index in [1.165, 1.54) is 0 Å². The number of carbonyl (C=O) groups excluding carboxylic acids is 1. The van der Waals surface area contributed by atoms with Crippen molar-refractivity contribution in [3.05, 3.63) is 11.6 Å². The Labute approximate surface area is 236 Å². The second kappa shape index (κ2) is 9.98. The van der Waals surface area contributed by atoms with Crippen molar-refractivity contribution in [1.29, 1.82) is 0 Å². The number of nitrogens with zero attached hydrogens (tertiary/aromatic N) is 1. The van der Waals surface area contributed by atoms with E-state index in [0.717, 1.165) is 44.1 Å². The predicted molar refractivity (Wildman–Crippen MR) is 142 cm³/mol. The first-order valence-corrected chi connectivity index (χ1v) is 15.2. The summed E-state index contributed by atoms with van der Waals surface area (Å²) in [6, 6.07) is -0.0431. The van der Waals surface area contributed by atoms with Gasteiger partial charge in [-0.25, -0.2) is 4.79 Å². The van der Waals surface area contributed by atoms with Gasteiger partial charge in [-0.05, 0) is 93.0 Å². The molecule has 2 aliphatic heterocycles. The van der Waals surface area contributed by atoms with Crippen LogP contribution in [0.1, 0.15) is 72.1 Å². The van der Waals surface area contributed by atoms with Gasteiger partial charge in [0.1, 0.15) is 24.9 Å². The Balaban J connectivity index is 1.22. The van der Waals surface area contributed by atoms with Gasteiger partial charge in [-0.2, -0.15) is 5.06 Å². The summed E-state index contributed by atoms with van der Waals surface area (Å²) in [5, 5.41) is 57.2. The zero-order chi connectivity index (χ0) is 28.8. The molecular weight excluding hydrogens is 518 g/mol. The Hall–Kier alpha value is -1.11. The Bertz CT molecular complexity index is 1040. The zero-order valence-corrected chi connectivity index (χ0v) is 24.1. The maximum absolute atomic E-state index is 12.5. The lowest BCUT2D eigenvalue weighted by Gasteiger charge is -2.65. The van der Waals surface area contributed by atoms with Crippen LogP contribution in [0.5, 0.6) is 0 Å². The topological polar surface area (TPSA) is 149 Å². The van der Waals surface area contributed by atoms with E-state index in [1.54, 1.807) is 25.2 Å². The van der Waals surface area contributed by atoms with E-state index in [-0.39, 0.29) is 41.8 Å². The van der Waals surface area contributed by atoms with Gasteiger partial charge < -0.3 is 35.0 Å². The Morgan fingerprint density at radius 2 is 1.73 bits per heavy atom. The number of ether oxygens (including phenoxy) is 2. The van der Waals surface area contributed by atoms with Gasteiger partial charge >= 0.3 is 5.97 Å². The number of hydrogen-bond donors (Lipinski definition) is 5. The average molecular weight is 566 g/mol. The molecule has 226 valence electrons. The molecule has 0 bridgehead atoms. The van der Waals surface area contributed by atoms with Gasteiger partial charge in [0.25, 0.3) is 0 Å². The maximum atomic E-state index is 12.5. The van der Waals surface area contributed by atoms with E-state index in [9.17, 15) is 30.3 Å². The maximum Gasteiger partial charge on any atom is 0.331 e. The lowest BCUT2D eigenvalue weighted by Crippen LogP contribution is -2.67. The monoisotopic (exact) mass is 565 g/mol. The van der Waals surface area contributed by atoms with Crippen molar-refractivity contribution in [3.8, 4) is 0 Å². The van der Waals surface area contributed by atoms with Crippen LogP contribution in [0.15, 0.2) is 11.6 Å². The molecule has 0 amide bonds. The summed E-state index contributed by atoms with van der Waals surface area (Å²) in [5.74, 6) is 0.161. The standard InChI is InChI=1S/C30H47NO9/c1-15-24(34)25(35)26(36)27(40-15)31(38-4)18-7-9-28(2)17(12-18)5-6-20-21(28)13-22(32)29(3)19(8-10-30(20,29)37)16-11-23(33)39-14-16/h11,15,17-22,24-27,32,34-37H,5-10,12-14H2,1-4H3/t15-,17-,18+,19-,20-,21+,22-,24-,25+,26-,27-,28+,29+,30+/m1/s1. The lowest BCUT2D eigenvalue weighted by molar-refractivity contribution is -0.340. The summed E-state index contributed by atoms with van der Waals surface area (Å²) >= 11 is 0. The van der Waals surface area contributed by atoms with Crippen LogP contribution in [0, 0.1) is 34.5 Å². The molecule has 0 unspecified atom stereocenters. The number of fused-ring (bicyclic) bond motifs is 5. The summed E-state index contributed by atoms with van der Waals surface area (Å²) in [6.07, 6.45) is 1.81. The first-order chi connectivity index (χ1) is 18.9. The minimum atomic E-state index is -1.32. The molecule has 10 nitrogen and oxygen atoms in total. The van der Waals surface area contributed by atoms with Gasteiger partial charge in [-0.1, -0.05) is 13.8 Å². The van der Waals surface area contributed by atoms with Gasteiger partial charge in [0.2, 0.25) is 0 Å². The molecule has 5 fully saturated rings. The zero-order valence-electron chi connectivity index (χ0n) is 24.1. The van der Waals surface area contributed by atoms with E-state index < -0.39 is 47.8 Å². The van der Waals surface area contributed by atoms with Crippen molar-refractivity contribution in [3.63, 3.8) is 0 Å². The molecule has 4 aliphatic carbocycles. The van der Waals surface area contributed by atoms with E-state index in [4.69, 9.17) is 14.3 Å². The van der Waals surface area contributed by atoms with Crippen LogP contribution in [0.3, 0.4) is 0 Å². The van der Waals surface area contributed by atoms with E-state index in [2.05, 4.69) is 6.92 Å². The lowest BCUT2D eigenvalue weighted by atomic mass is 9.42. The van der Waals surface area contributed by atoms with Crippen molar-refractivity contribution < 1.29 is 44.6 Å². The third-order valence-electron chi connectivity index (χ3n) is 12.7. The fraction of sp³-hybridized carbons (Fsp3) is 0.900. The molecule has 5 N–H and O–H groups in total. The van der Waals surface area contributed by atoms with Gasteiger partial charge in [0.15, 0.2) is 6.23 Å². The second-order valence-electron chi connectivity index (χ2n) is 14.0. The quantitative estimate of drug-likeness (QED) is 0.249.